The maximum Gasteiger partial charge on any atom is 0.111 e. The van der Waals surface area contributed by atoms with E-state index in [2.05, 4.69) is 30.1 Å². The van der Waals surface area contributed by atoms with Gasteiger partial charge in [0.05, 0.1) is 5.69 Å². The van der Waals surface area contributed by atoms with Crippen LogP contribution in [-0.4, -0.2) is 15.9 Å². The highest BCUT2D eigenvalue weighted by Crippen LogP contribution is 2.34. The van der Waals surface area contributed by atoms with Crippen molar-refractivity contribution in [3.8, 4) is 0 Å². The van der Waals surface area contributed by atoms with Crippen molar-refractivity contribution in [1.82, 2.24) is 4.98 Å². The van der Waals surface area contributed by atoms with Crippen LogP contribution in [0.15, 0.2) is 17.4 Å². The van der Waals surface area contributed by atoms with Crippen molar-refractivity contribution in [3.05, 3.63) is 29.1 Å². The first-order valence-corrected chi connectivity index (χ1v) is 5.23. The fraction of sp³-hybridized carbons (Fsp3) is 0.500. The molecule has 1 N–H and O–H groups in total. The minimum Gasteiger partial charge on any atom is -0.411 e. The summed E-state index contributed by atoms with van der Waals surface area (Å²) in [6.45, 7) is 6.21. The highest BCUT2D eigenvalue weighted by Gasteiger charge is 2.33. The Morgan fingerprint density at radius 1 is 1.47 bits per heavy atom. The lowest BCUT2D eigenvalue weighted by Gasteiger charge is -2.31. The maximum atomic E-state index is 9.09. The lowest BCUT2D eigenvalue weighted by Crippen LogP contribution is -2.32. The Hall–Kier alpha value is -1.38. The van der Waals surface area contributed by atoms with Gasteiger partial charge < -0.3 is 5.21 Å². The third-order valence-corrected chi connectivity index (χ3v) is 3.09. The average Bonchev–Trinajstić information content (AvgIpc) is 2.18. The zero-order chi connectivity index (χ0) is 11.1. The fourth-order valence-corrected chi connectivity index (χ4v) is 2.10. The molecule has 0 aliphatic heterocycles. The van der Waals surface area contributed by atoms with Gasteiger partial charge in [0, 0.05) is 11.6 Å². The summed E-state index contributed by atoms with van der Waals surface area (Å²) in [6.07, 6.45) is 3.84. The van der Waals surface area contributed by atoms with Gasteiger partial charge in [0.1, 0.15) is 5.71 Å². The van der Waals surface area contributed by atoms with Gasteiger partial charge in [-0.25, -0.2) is 0 Å². The second-order valence-electron chi connectivity index (χ2n) is 4.85. The summed E-state index contributed by atoms with van der Waals surface area (Å²) in [7, 11) is 0. The highest BCUT2D eigenvalue weighted by atomic mass is 16.4. The Kier molecular flexibility index (Phi) is 2.25. The molecule has 80 valence electrons. The second kappa shape index (κ2) is 3.33. The third-order valence-electron chi connectivity index (χ3n) is 3.09. The molecule has 0 unspecified atom stereocenters. The number of hydrogen-bond donors (Lipinski definition) is 1. The summed E-state index contributed by atoms with van der Waals surface area (Å²) < 4.78 is 0. The molecule has 1 aliphatic rings. The van der Waals surface area contributed by atoms with E-state index in [0.29, 0.717) is 5.71 Å². The van der Waals surface area contributed by atoms with Crippen molar-refractivity contribution in [3.63, 3.8) is 0 Å². The standard InChI is InChI=1S/C12H16N2O/c1-8-6-9-4-5-12(2,3)11(14-15)10(9)13-7-8/h6-7,15H,4-5H2,1-3H3/b14-11+. The van der Waals surface area contributed by atoms with Crippen molar-refractivity contribution in [2.75, 3.05) is 0 Å². The fourth-order valence-electron chi connectivity index (χ4n) is 2.10. The van der Waals surface area contributed by atoms with E-state index in [1.807, 2.05) is 13.1 Å². The molecule has 0 saturated carbocycles. The average molecular weight is 204 g/mol. The third kappa shape index (κ3) is 1.62. The molecular formula is C12H16N2O. The molecule has 0 amide bonds. The minimum atomic E-state index is -0.0794. The van der Waals surface area contributed by atoms with E-state index in [4.69, 9.17) is 5.21 Å². The van der Waals surface area contributed by atoms with Crippen LogP contribution in [-0.2, 0) is 6.42 Å². The lowest BCUT2D eigenvalue weighted by molar-refractivity contribution is 0.305. The first-order valence-electron chi connectivity index (χ1n) is 5.23. The van der Waals surface area contributed by atoms with Crippen LogP contribution in [0.5, 0.6) is 0 Å². The molecule has 3 nitrogen and oxygen atoms in total. The number of nitrogens with zero attached hydrogens (tertiary/aromatic N) is 2. The van der Waals surface area contributed by atoms with E-state index in [1.54, 1.807) is 0 Å². The molecule has 0 radical (unpaired) electrons. The van der Waals surface area contributed by atoms with E-state index >= 15 is 0 Å². The molecule has 0 bridgehead atoms. The Labute approximate surface area is 89.8 Å². The van der Waals surface area contributed by atoms with Crippen LogP contribution in [0.4, 0.5) is 0 Å². The zero-order valence-corrected chi connectivity index (χ0v) is 9.41. The first kappa shape index (κ1) is 10.1. The smallest absolute Gasteiger partial charge is 0.111 e. The molecule has 1 heterocycles. The molecule has 0 spiro atoms. The van der Waals surface area contributed by atoms with Gasteiger partial charge in [-0.2, -0.15) is 0 Å². The Balaban J connectivity index is 2.57. The number of aryl methyl sites for hydroxylation is 2. The van der Waals surface area contributed by atoms with Crippen LogP contribution in [0.25, 0.3) is 0 Å². The van der Waals surface area contributed by atoms with Crippen molar-refractivity contribution >= 4 is 5.71 Å². The molecule has 0 atom stereocenters. The van der Waals surface area contributed by atoms with E-state index in [0.717, 1.165) is 24.1 Å². The van der Waals surface area contributed by atoms with E-state index in [9.17, 15) is 0 Å². The van der Waals surface area contributed by atoms with Crippen LogP contribution in [0.2, 0.25) is 0 Å². The van der Waals surface area contributed by atoms with E-state index in [1.165, 1.54) is 5.56 Å². The Morgan fingerprint density at radius 3 is 2.87 bits per heavy atom. The predicted molar refractivity (Wildman–Crippen MR) is 59.4 cm³/mol. The molecular weight excluding hydrogens is 188 g/mol. The van der Waals surface area contributed by atoms with Crippen LogP contribution in [0.1, 0.15) is 37.1 Å². The van der Waals surface area contributed by atoms with Crippen molar-refractivity contribution in [2.45, 2.75) is 33.6 Å². The van der Waals surface area contributed by atoms with Gasteiger partial charge in [0.25, 0.3) is 0 Å². The van der Waals surface area contributed by atoms with Gasteiger partial charge in [-0.05, 0) is 30.9 Å². The molecule has 2 rings (SSSR count). The van der Waals surface area contributed by atoms with Crippen molar-refractivity contribution in [2.24, 2.45) is 10.6 Å². The Bertz CT molecular complexity index is 422. The molecule has 3 heteroatoms. The number of pyridine rings is 1. The molecule has 1 aromatic rings. The lowest BCUT2D eigenvalue weighted by atomic mass is 9.74. The van der Waals surface area contributed by atoms with Gasteiger partial charge in [-0.1, -0.05) is 25.1 Å². The first-order chi connectivity index (χ1) is 7.04. The van der Waals surface area contributed by atoms with E-state index < -0.39 is 0 Å². The van der Waals surface area contributed by atoms with Gasteiger partial charge in [-0.15, -0.1) is 0 Å². The molecule has 15 heavy (non-hydrogen) atoms. The Morgan fingerprint density at radius 2 is 2.20 bits per heavy atom. The summed E-state index contributed by atoms with van der Waals surface area (Å²) in [4.78, 5) is 4.38. The van der Waals surface area contributed by atoms with Gasteiger partial charge in [-0.3, -0.25) is 4.98 Å². The van der Waals surface area contributed by atoms with Crippen molar-refractivity contribution < 1.29 is 5.21 Å². The summed E-state index contributed by atoms with van der Waals surface area (Å²) in [5.41, 5.74) is 3.85. The largest absolute Gasteiger partial charge is 0.411 e. The number of oxime groups is 1. The summed E-state index contributed by atoms with van der Waals surface area (Å²) >= 11 is 0. The molecule has 1 aromatic heterocycles. The van der Waals surface area contributed by atoms with Crippen LogP contribution >= 0.6 is 0 Å². The number of fused-ring (bicyclic) bond motifs is 1. The number of hydrogen-bond acceptors (Lipinski definition) is 3. The number of aromatic nitrogens is 1. The maximum absolute atomic E-state index is 9.09. The summed E-state index contributed by atoms with van der Waals surface area (Å²) in [5, 5.41) is 12.5. The van der Waals surface area contributed by atoms with Crippen LogP contribution in [0, 0.1) is 12.3 Å². The highest BCUT2D eigenvalue weighted by molar-refractivity contribution is 6.04. The second-order valence-corrected chi connectivity index (χ2v) is 4.85. The topological polar surface area (TPSA) is 45.5 Å². The van der Waals surface area contributed by atoms with Crippen LogP contribution < -0.4 is 0 Å². The quantitative estimate of drug-likeness (QED) is 0.521. The SMILES string of the molecule is Cc1cnc2c(c1)CCC(C)(C)/C2=N/O. The number of rotatable bonds is 0. The normalized spacial score (nSPS) is 21.4. The minimum absolute atomic E-state index is 0.0794. The molecule has 0 saturated heterocycles. The monoisotopic (exact) mass is 204 g/mol. The van der Waals surface area contributed by atoms with Gasteiger partial charge >= 0.3 is 0 Å². The van der Waals surface area contributed by atoms with Crippen molar-refractivity contribution in [1.29, 1.82) is 0 Å². The molecule has 0 aromatic carbocycles. The van der Waals surface area contributed by atoms with Crippen LogP contribution in [0.3, 0.4) is 0 Å². The van der Waals surface area contributed by atoms with E-state index in [-0.39, 0.29) is 5.41 Å². The zero-order valence-electron chi connectivity index (χ0n) is 9.41. The summed E-state index contributed by atoms with van der Waals surface area (Å²) in [6, 6.07) is 2.13. The molecule has 1 aliphatic carbocycles. The van der Waals surface area contributed by atoms with Gasteiger partial charge in [0.15, 0.2) is 0 Å². The summed E-state index contributed by atoms with van der Waals surface area (Å²) in [5.74, 6) is 0. The molecule has 0 fully saturated rings. The predicted octanol–water partition coefficient (Wildman–Crippen LogP) is 2.54. The van der Waals surface area contributed by atoms with Gasteiger partial charge in [0.2, 0.25) is 0 Å².